The molecule has 2 rings (SSSR count). The van der Waals surface area contributed by atoms with Crippen LogP contribution in [0.1, 0.15) is 18.6 Å². The van der Waals surface area contributed by atoms with Gasteiger partial charge in [0.15, 0.2) is 0 Å². The Morgan fingerprint density at radius 1 is 1.19 bits per heavy atom. The maximum Gasteiger partial charge on any atom is 0.139 e. The molecule has 0 saturated heterocycles. The van der Waals surface area contributed by atoms with Gasteiger partial charge in [-0.05, 0) is 34.5 Å². The van der Waals surface area contributed by atoms with E-state index < -0.39 is 0 Å². The Balaban J connectivity index is 2.11. The molecule has 0 radical (unpaired) electrons. The summed E-state index contributed by atoms with van der Waals surface area (Å²) in [6, 6.07) is 12.0. The molecule has 0 spiro atoms. The lowest BCUT2D eigenvalue weighted by atomic mass is 10.1. The van der Waals surface area contributed by atoms with E-state index in [9.17, 15) is 0 Å². The van der Waals surface area contributed by atoms with Crippen molar-refractivity contribution in [2.45, 2.75) is 13.0 Å². The van der Waals surface area contributed by atoms with Crippen LogP contribution in [-0.4, -0.2) is 4.98 Å². The summed E-state index contributed by atoms with van der Waals surface area (Å²) in [5.74, 6) is 0.769. The molecule has 0 saturated carbocycles. The zero-order valence-corrected chi connectivity index (χ0v) is 10.5. The fraction of sp³-hybridized carbons (Fsp3) is 0.154. The van der Waals surface area contributed by atoms with Gasteiger partial charge in [0.25, 0.3) is 0 Å². The van der Waals surface area contributed by atoms with Gasteiger partial charge in [-0.1, -0.05) is 30.3 Å². The van der Waals surface area contributed by atoms with Crippen LogP contribution in [0.4, 0.5) is 0 Å². The SMILES string of the molecule is C[C@@H](Oc1cncc(Br)c1)c1ccccc1. The van der Waals surface area contributed by atoms with Crippen molar-refractivity contribution in [1.29, 1.82) is 0 Å². The van der Waals surface area contributed by atoms with Gasteiger partial charge in [-0.2, -0.15) is 0 Å². The highest BCUT2D eigenvalue weighted by Gasteiger charge is 2.06. The summed E-state index contributed by atoms with van der Waals surface area (Å²) >= 11 is 3.37. The van der Waals surface area contributed by atoms with Crippen molar-refractivity contribution in [2.75, 3.05) is 0 Å². The standard InChI is InChI=1S/C13H12BrNO/c1-10(11-5-3-2-4-6-11)16-13-7-12(14)8-15-9-13/h2-10H,1H3/t10-/m1/s1. The Morgan fingerprint density at radius 2 is 1.94 bits per heavy atom. The van der Waals surface area contributed by atoms with Crippen LogP contribution in [0.5, 0.6) is 5.75 Å². The number of pyridine rings is 1. The lowest BCUT2D eigenvalue weighted by Crippen LogP contribution is -2.02. The second-order valence-corrected chi connectivity index (χ2v) is 4.43. The molecule has 0 N–H and O–H groups in total. The van der Waals surface area contributed by atoms with Crippen LogP contribution in [0.15, 0.2) is 53.3 Å². The average Bonchev–Trinajstić information content (AvgIpc) is 2.30. The second kappa shape index (κ2) is 5.12. The topological polar surface area (TPSA) is 22.1 Å². The summed E-state index contributed by atoms with van der Waals surface area (Å²) in [7, 11) is 0. The monoisotopic (exact) mass is 277 g/mol. The molecule has 1 aromatic heterocycles. The van der Waals surface area contributed by atoms with E-state index >= 15 is 0 Å². The van der Waals surface area contributed by atoms with E-state index in [1.807, 2.05) is 31.2 Å². The molecule has 0 fully saturated rings. The Bertz CT molecular complexity index is 458. The first kappa shape index (κ1) is 11.1. The van der Waals surface area contributed by atoms with E-state index in [0.717, 1.165) is 15.8 Å². The second-order valence-electron chi connectivity index (χ2n) is 3.51. The molecular formula is C13H12BrNO. The number of hydrogen-bond donors (Lipinski definition) is 0. The van der Waals surface area contributed by atoms with Crippen molar-refractivity contribution < 1.29 is 4.74 Å². The number of nitrogens with zero attached hydrogens (tertiary/aromatic N) is 1. The van der Waals surface area contributed by atoms with Crippen LogP contribution < -0.4 is 4.74 Å². The normalized spacial score (nSPS) is 12.1. The maximum absolute atomic E-state index is 5.79. The van der Waals surface area contributed by atoms with Gasteiger partial charge in [0.2, 0.25) is 0 Å². The number of halogens is 1. The van der Waals surface area contributed by atoms with E-state index in [1.54, 1.807) is 12.4 Å². The first-order valence-corrected chi connectivity index (χ1v) is 5.87. The maximum atomic E-state index is 5.79. The predicted molar refractivity (Wildman–Crippen MR) is 67.4 cm³/mol. The van der Waals surface area contributed by atoms with Crippen molar-refractivity contribution in [1.82, 2.24) is 4.98 Å². The van der Waals surface area contributed by atoms with E-state index in [-0.39, 0.29) is 6.10 Å². The van der Waals surface area contributed by atoms with Gasteiger partial charge in [0.05, 0.1) is 6.20 Å². The van der Waals surface area contributed by atoms with Gasteiger partial charge in [-0.15, -0.1) is 0 Å². The van der Waals surface area contributed by atoms with Crippen LogP contribution in [-0.2, 0) is 0 Å². The predicted octanol–water partition coefficient (Wildman–Crippen LogP) is 3.98. The van der Waals surface area contributed by atoms with Gasteiger partial charge in [-0.3, -0.25) is 4.98 Å². The number of rotatable bonds is 3. The summed E-state index contributed by atoms with van der Waals surface area (Å²) in [5.41, 5.74) is 1.16. The minimum atomic E-state index is 0.0253. The zero-order valence-electron chi connectivity index (χ0n) is 8.93. The first-order valence-electron chi connectivity index (χ1n) is 5.08. The number of aromatic nitrogens is 1. The summed E-state index contributed by atoms with van der Waals surface area (Å²) in [6.45, 7) is 2.02. The van der Waals surface area contributed by atoms with Crippen LogP contribution in [0, 0.1) is 0 Å². The van der Waals surface area contributed by atoms with Crippen molar-refractivity contribution in [3.8, 4) is 5.75 Å². The van der Waals surface area contributed by atoms with Gasteiger partial charge < -0.3 is 4.74 Å². The third-order valence-corrected chi connectivity index (χ3v) is 2.70. The van der Waals surface area contributed by atoms with Crippen molar-refractivity contribution in [2.24, 2.45) is 0 Å². The highest BCUT2D eigenvalue weighted by atomic mass is 79.9. The summed E-state index contributed by atoms with van der Waals surface area (Å²) < 4.78 is 6.71. The average molecular weight is 278 g/mol. The quantitative estimate of drug-likeness (QED) is 0.847. The van der Waals surface area contributed by atoms with E-state index in [1.165, 1.54) is 0 Å². The van der Waals surface area contributed by atoms with Crippen LogP contribution >= 0.6 is 15.9 Å². The number of ether oxygens (including phenoxy) is 1. The largest absolute Gasteiger partial charge is 0.484 e. The summed E-state index contributed by atoms with van der Waals surface area (Å²) in [4.78, 5) is 4.06. The van der Waals surface area contributed by atoms with Gasteiger partial charge in [0, 0.05) is 10.7 Å². The smallest absolute Gasteiger partial charge is 0.139 e. The lowest BCUT2D eigenvalue weighted by Gasteiger charge is -2.14. The van der Waals surface area contributed by atoms with E-state index in [0.29, 0.717) is 0 Å². The molecule has 82 valence electrons. The van der Waals surface area contributed by atoms with E-state index in [4.69, 9.17) is 4.74 Å². The fourth-order valence-electron chi connectivity index (χ4n) is 1.45. The molecule has 0 aliphatic carbocycles. The molecule has 0 amide bonds. The van der Waals surface area contributed by atoms with Crippen LogP contribution in [0.3, 0.4) is 0 Å². The molecule has 0 aliphatic heterocycles. The van der Waals surface area contributed by atoms with E-state index in [2.05, 4.69) is 33.0 Å². The molecule has 1 heterocycles. The molecule has 3 heteroatoms. The van der Waals surface area contributed by atoms with Crippen LogP contribution in [0.2, 0.25) is 0 Å². The Morgan fingerprint density at radius 3 is 2.62 bits per heavy atom. The number of hydrogen-bond acceptors (Lipinski definition) is 2. The highest BCUT2D eigenvalue weighted by molar-refractivity contribution is 9.10. The Kier molecular flexibility index (Phi) is 3.57. The molecule has 2 nitrogen and oxygen atoms in total. The van der Waals surface area contributed by atoms with Crippen molar-refractivity contribution in [3.05, 3.63) is 58.8 Å². The lowest BCUT2D eigenvalue weighted by molar-refractivity contribution is 0.226. The molecule has 16 heavy (non-hydrogen) atoms. The van der Waals surface area contributed by atoms with Gasteiger partial charge in [0.1, 0.15) is 11.9 Å². The number of benzene rings is 1. The van der Waals surface area contributed by atoms with Gasteiger partial charge in [-0.25, -0.2) is 0 Å². The third kappa shape index (κ3) is 2.83. The van der Waals surface area contributed by atoms with Gasteiger partial charge >= 0.3 is 0 Å². The zero-order chi connectivity index (χ0) is 11.4. The highest BCUT2D eigenvalue weighted by Crippen LogP contribution is 2.22. The molecule has 0 unspecified atom stereocenters. The fourth-order valence-corrected chi connectivity index (χ4v) is 1.80. The molecule has 2 aromatic rings. The Labute approximate surface area is 103 Å². The van der Waals surface area contributed by atoms with Crippen LogP contribution in [0.25, 0.3) is 0 Å². The molecule has 0 bridgehead atoms. The minimum absolute atomic E-state index is 0.0253. The van der Waals surface area contributed by atoms with Crippen molar-refractivity contribution in [3.63, 3.8) is 0 Å². The Hall–Kier alpha value is -1.35. The molecule has 1 aromatic carbocycles. The minimum Gasteiger partial charge on any atom is -0.484 e. The third-order valence-electron chi connectivity index (χ3n) is 2.26. The molecule has 1 atom stereocenters. The summed E-state index contributed by atoms with van der Waals surface area (Å²) in [5, 5.41) is 0. The first-order chi connectivity index (χ1) is 7.75. The van der Waals surface area contributed by atoms with Crippen molar-refractivity contribution >= 4 is 15.9 Å². The summed E-state index contributed by atoms with van der Waals surface area (Å²) in [6.07, 6.45) is 3.47. The molecular weight excluding hydrogens is 266 g/mol. The molecule has 0 aliphatic rings.